The Labute approximate surface area is 176 Å². The average molecular weight is 445 g/mol. The van der Waals surface area contributed by atoms with Crippen molar-refractivity contribution in [3.8, 4) is 6.07 Å². The van der Waals surface area contributed by atoms with Crippen LogP contribution in [0.2, 0.25) is 0 Å². The number of hydrogen-bond acceptors (Lipinski definition) is 6. The highest BCUT2D eigenvalue weighted by Crippen LogP contribution is 2.32. The van der Waals surface area contributed by atoms with Gasteiger partial charge in [0.1, 0.15) is 11.6 Å². The predicted octanol–water partition coefficient (Wildman–Crippen LogP) is 4.14. The van der Waals surface area contributed by atoms with Crippen LogP contribution < -0.4 is 9.80 Å². The van der Waals surface area contributed by atoms with Crippen molar-refractivity contribution in [3.63, 3.8) is 0 Å². The fourth-order valence-electron chi connectivity index (χ4n) is 3.97. The predicted molar refractivity (Wildman–Crippen MR) is 118 cm³/mol. The number of para-hydroxylation sites is 1. The standard InChI is InChI=1S/C22H17BrN6/c23-16-11-19-21(27-14-16)20(5-6-25-19)28-7-9-29(10-8-28)22-15(12-24)13-26-18-4-2-1-3-17(18)22/h1-6,11,13-14H,7-10H2. The third kappa shape index (κ3) is 3.15. The number of hydrogen-bond donors (Lipinski definition) is 0. The van der Waals surface area contributed by atoms with Gasteiger partial charge < -0.3 is 9.80 Å². The molecule has 0 unspecified atom stereocenters. The summed E-state index contributed by atoms with van der Waals surface area (Å²) in [6.07, 6.45) is 5.33. The molecule has 29 heavy (non-hydrogen) atoms. The summed E-state index contributed by atoms with van der Waals surface area (Å²) in [5.74, 6) is 0. The first-order valence-corrected chi connectivity index (χ1v) is 10.2. The van der Waals surface area contributed by atoms with Gasteiger partial charge in [-0.05, 0) is 34.1 Å². The summed E-state index contributed by atoms with van der Waals surface area (Å²) >= 11 is 3.47. The van der Waals surface area contributed by atoms with Gasteiger partial charge in [0.05, 0.1) is 28.0 Å². The van der Waals surface area contributed by atoms with Crippen LogP contribution in [0, 0.1) is 11.3 Å². The van der Waals surface area contributed by atoms with Crippen LogP contribution in [0.1, 0.15) is 5.56 Å². The lowest BCUT2D eigenvalue weighted by atomic mass is 10.1. The van der Waals surface area contributed by atoms with Crippen molar-refractivity contribution in [2.45, 2.75) is 0 Å². The second-order valence-corrected chi connectivity index (χ2v) is 7.89. The van der Waals surface area contributed by atoms with E-state index in [1.807, 2.05) is 48.8 Å². The second-order valence-electron chi connectivity index (χ2n) is 6.97. The molecule has 3 aromatic heterocycles. The van der Waals surface area contributed by atoms with E-state index in [9.17, 15) is 5.26 Å². The molecule has 0 bridgehead atoms. The number of rotatable bonds is 2. The minimum atomic E-state index is 0.623. The van der Waals surface area contributed by atoms with E-state index in [1.54, 1.807) is 6.20 Å². The summed E-state index contributed by atoms with van der Waals surface area (Å²) in [6.45, 7) is 3.34. The van der Waals surface area contributed by atoms with E-state index < -0.39 is 0 Å². The summed E-state index contributed by atoms with van der Waals surface area (Å²) in [5, 5.41) is 10.7. The summed E-state index contributed by atoms with van der Waals surface area (Å²) in [4.78, 5) is 18.1. The van der Waals surface area contributed by atoms with Crippen LogP contribution in [0.4, 0.5) is 11.4 Å². The van der Waals surface area contributed by atoms with Gasteiger partial charge in [-0.2, -0.15) is 5.26 Å². The molecule has 1 aliphatic rings. The van der Waals surface area contributed by atoms with Crippen molar-refractivity contribution >= 4 is 49.2 Å². The fourth-order valence-corrected chi connectivity index (χ4v) is 4.29. The summed E-state index contributed by atoms with van der Waals surface area (Å²) in [7, 11) is 0. The number of piperazine rings is 1. The summed E-state index contributed by atoms with van der Waals surface area (Å²) < 4.78 is 0.924. The molecule has 5 rings (SSSR count). The van der Waals surface area contributed by atoms with Crippen LogP contribution in [0.15, 0.2) is 59.5 Å². The monoisotopic (exact) mass is 444 g/mol. The first-order valence-electron chi connectivity index (χ1n) is 9.42. The van der Waals surface area contributed by atoms with Crippen molar-refractivity contribution in [3.05, 3.63) is 65.0 Å². The highest BCUT2D eigenvalue weighted by atomic mass is 79.9. The van der Waals surface area contributed by atoms with E-state index in [-0.39, 0.29) is 0 Å². The van der Waals surface area contributed by atoms with Crippen LogP contribution in [0.25, 0.3) is 21.9 Å². The van der Waals surface area contributed by atoms with Gasteiger partial charge in [-0.3, -0.25) is 15.0 Å². The van der Waals surface area contributed by atoms with Crippen LogP contribution in [-0.4, -0.2) is 41.1 Å². The van der Waals surface area contributed by atoms with Crippen LogP contribution in [0.3, 0.4) is 0 Å². The van der Waals surface area contributed by atoms with Gasteiger partial charge in [0.15, 0.2) is 0 Å². The van der Waals surface area contributed by atoms with E-state index in [0.717, 1.165) is 64.0 Å². The number of pyridine rings is 3. The zero-order valence-corrected chi connectivity index (χ0v) is 17.2. The second kappa shape index (κ2) is 7.30. The zero-order chi connectivity index (χ0) is 19.8. The lowest BCUT2D eigenvalue weighted by Crippen LogP contribution is -2.47. The van der Waals surface area contributed by atoms with E-state index in [4.69, 9.17) is 0 Å². The fraction of sp³-hybridized carbons (Fsp3) is 0.182. The molecular weight excluding hydrogens is 428 g/mol. The molecule has 142 valence electrons. The smallest absolute Gasteiger partial charge is 0.112 e. The Kier molecular flexibility index (Phi) is 4.49. The van der Waals surface area contributed by atoms with E-state index in [2.05, 4.69) is 46.8 Å². The van der Waals surface area contributed by atoms with Crippen molar-refractivity contribution < 1.29 is 0 Å². The minimum Gasteiger partial charge on any atom is -0.366 e. The van der Waals surface area contributed by atoms with Crippen LogP contribution in [-0.2, 0) is 0 Å². The number of aromatic nitrogens is 3. The van der Waals surface area contributed by atoms with Gasteiger partial charge in [0.25, 0.3) is 0 Å². The van der Waals surface area contributed by atoms with Gasteiger partial charge in [0, 0.05) is 54.6 Å². The molecule has 0 aliphatic carbocycles. The number of nitriles is 1. The summed E-state index contributed by atoms with van der Waals surface area (Å²) in [6, 6.07) is 14.3. The van der Waals surface area contributed by atoms with Crippen molar-refractivity contribution in [1.82, 2.24) is 15.0 Å². The van der Waals surface area contributed by atoms with E-state index in [1.165, 1.54) is 0 Å². The minimum absolute atomic E-state index is 0.623. The molecular formula is C22H17BrN6. The molecule has 0 atom stereocenters. The number of fused-ring (bicyclic) bond motifs is 2. The number of benzene rings is 1. The first kappa shape index (κ1) is 17.8. The van der Waals surface area contributed by atoms with Gasteiger partial charge in [0.2, 0.25) is 0 Å². The highest BCUT2D eigenvalue weighted by Gasteiger charge is 2.23. The quantitative estimate of drug-likeness (QED) is 0.462. The number of halogens is 1. The number of anilines is 2. The molecule has 0 spiro atoms. The molecule has 4 aromatic rings. The molecule has 6 nitrogen and oxygen atoms in total. The Morgan fingerprint density at radius 2 is 1.69 bits per heavy atom. The normalized spacial score (nSPS) is 14.3. The molecule has 0 radical (unpaired) electrons. The molecule has 1 saturated heterocycles. The molecule has 0 saturated carbocycles. The van der Waals surface area contributed by atoms with Crippen molar-refractivity contribution in [2.75, 3.05) is 36.0 Å². The van der Waals surface area contributed by atoms with E-state index >= 15 is 0 Å². The highest BCUT2D eigenvalue weighted by molar-refractivity contribution is 9.10. The third-order valence-corrected chi connectivity index (χ3v) is 5.76. The largest absolute Gasteiger partial charge is 0.366 e. The average Bonchev–Trinajstić information content (AvgIpc) is 2.78. The summed E-state index contributed by atoms with van der Waals surface area (Å²) in [5.41, 5.74) is 5.42. The van der Waals surface area contributed by atoms with E-state index in [0.29, 0.717) is 5.56 Å². The molecule has 7 heteroatoms. The third-order valence-electron chi connectivity index (χ3n) is 5.33. The molecule has 4 heterocycles. The molecule has 1 fully saturated rings. The van der Waals surface area contributed by atoms with Crippen molar-refractivity contribution in [1.29, 1.82) is 5.26 Å². The first-order chi connectivity index (χ1) is 14.2. The Morgan fingerprint density at radius 3 is 2.52 bits per heavy atom. The van der Waals surface area contributed by atoms with Gasteiger partial charge in [-0.1, -0.05) is 18.2 Å². The van der Waals surface area contributed by atoms with Crippen molar-refractivity contribution in [2.24, 2.45) is 0 Å². The van der Waals surface area contributed by atoms with Crippen LogP contribution >= 0.6 is 15.9 Å². The van der Waals surface area contributed by atoms with Gasteiger partial charge >= 0.3 is 0 Å². The Bertz CT molecular complexity index is 1260. The molecule has 0 amide bonds. The number of nitrogens with zero attached hydrogens (tertiary/aromatic N) is 6. The maximum atomic E-state index is 9.63. The van der Waals surface area contributed by atoms with Gasteiger partial charge in [-0.15, -0.1) is 0 Å². The lowest BCUT2D eigenvalue weighted by molar-refractivity contribution is 0.655. The maximum Gasteiger partial charge on any atom is 0.112 e. The Balaban J connectivity index is 1.46. The Morgan fingerprint density at radius 1 is 0.897 bits per heavy atom. The molecule has 1 aliphatic heterocycles. The molecule has 1 aromatic carbocycles. The van der Waals surface area contributed by atoms with Gasteiger partial charge in [-0.25, -0.2) is 0 Å². The zero-order valence-electron chi connectivity index (χ0n) is 15.6. The SMILES string of the molecule is N#Cc1cnc2ccccc2c1N1CCN(c2ccnc3cc(Br)cnc23)CC1. The molecule has 0 N–H and O–H groups in total. The van der Waals surface area contributed by atoms with Crippen LogP contribution in [0.5, 0.6) is 0 Å². The lowest BCUT2D eigenvalue weighted by Gasteiger charge is -2.38. The Hall–Kier alpha value is -3.24. The topological polar surface area (TPSA) is 68.9 Å². The maximum absolute atomic E-state index is 9.63.